The maximum atomic E-state index is 12.7. The first-order valence-electron chi connectivity index (χ1n) is 9.36. The first-order valence-corrected chi connectivity index (χ1v) is 9.36. The van der Waals surface area contributed by atoms with Crippen molar-refractivity contribution in [3.8, 4) is 11.1 Å². The van der Waals surface area contributed by atoms with Crippen molar-refractivity contribution in [1.82, 2.24) is 10.2 Å². The molecule has 1 saturated heterocycles. The van der Waals surface area contributed by atoms with E-state index < -0.39 is 35.5 Å². The quantitative estimate of drug-likeness (QED) is 0.698. The number of benzene rings is 2. The Bertz CT molecular complexity index is 924. The summed E-state index contributed by atoms with van der Waals surface area (Å²) in [5.41, 5.74) is 2.98. The monoisotopic (exact) mass is 394 g/mol. The van der Waals surface area contributed by atoms with Crippen molar-refractivity contribution in [3.63, 3.8) is 0 Å². The third-order valence-corrected chi connectivity index (χ3v) is 5.01. The minimum atomic E-state index is -1.41. The van der Waals surface area contributed by atoms with Crippen LogP contribution in [0.3, 0.4) is 0 Å². The highest BCUT2D eigenvalue weighted by molar-refractivity contribution is 6.23. The summed E-state index contributed by atoms with van der Waals surface area (Å²) in [6, 6.07) is 16.9. The molecule has 1 fully saturated rings. The minimum Gasteiger partial charge on any atom is -0.481 e. The smallest absolute Gasteiger partial charge is 0.305 e. The van der Waals surface area contributed by atoms with Gasteiger partial charge >= 0.3 is 5.97 Å². The molecular weight excluding hydrogens is 372 g/mol. The molecule has 2 atom stereocenters. The van der Waals surface area contributed by atoms with Gasteiger partial charge in [0.2, 0.25) is 11.8 Å². The largest absolute Gasteiger partial charge is 0.481 e. The van der Waals surface area contributed by atoms with Crippen molar-refractivity contribution in [2.75, 3.05) is 6.54 Å². The summed E-state index contributed by atoms with van der Waals surface area (Å²) >= 11 is 0. The number of Topliss-reactive ketones (excluding diaryl/α,β-unsaturated/α-hetero) is 1. The lowest BCUT2D eigenvalue weighted by atomic mass is 10.0. The van der Waals surface area contributed by atoms with Crippen LogP contribution in [0.2, 0.25) is 0 Å². The highest BCUT2D eigenvalue weighted by Gasteiger charge is 2.48. The zero-order valence-electron chi connectivity index (χ0n) is 16.0. The molecule has 1 aliphatic heterocycles. The van der Waals surface area contributed by atoms with Crippen molar-refractivity contribution in [2.24, 2.45) is 5.92 Å². The predicted molar refractivity (Wildman–Crippen MR) is 106 cm³/mol. The molecule has 1 aliphatic rings. The van der Waals surface area contributed by atoms with Gasteiger partial charge in [0, 0.05) is 13.1 Å². The molecule has 2 N–H and O–H groups in total. The van der Waals surface area contributed by atoms with E-state index in [-0.39, 0.29) is 19.5 Å². The first-order chi connectivity index (χ1) is 13.9. The second-order valence-corrected chi connectivity index (χ2v) is 6.98. The summed E-state index contributed by atoms with van der Waals surface area (Å²) in [6.45, 7) is 1.70. The van der Waals surface area contributed by atoms with Gasteiger partial charge in [-0.1, -0.05) is 54.6 Å². The van der Waals surface area contributed by atoms with Gasteiger partial charge in [0.15, 0.2) is 11.7 Å². The number of ketones is 1. The van der Waals surface area contributed by atoms with Crippen LogP contribution in [0.15, 0.2) is 54.6 Å². The number of carboxylic acids is 1. The van der Waals surface area contributed by atoms with Crippen LogP contribution in [-0.2, 0) is 25.7 Å². The van der Waals surface area contributed by atoms with Gasteiger partial charge in [-0.05, 0) is 23.6 Å². The van der Waals surface area contributed by atoms with Crippen molar-refractivity contribution < 1.29 is 24.3 Å². The second kappa shape index (κ2) is 8.68. The summed E-state index contributed by atoms with van der Waals surface area (Å²) in [7, 11) is 0. The van der Waals surface area contributed by atoms with E-state index in [0.29, 0.717) is 0 Å². The number of rotatable bonds is 7. The van der Waals surface area contributed by atoms with E-state index in [1.165, 1.54) is 4.90 Å². The average molecular weight is 394 g/mol. The van der Waals surface area contributed by atoms with E-state index in [2.05, 4.69) is 5.32 Å². The Labute approximate surface area is 168 Å². The fraction of sp³-hybridized carbons (Fsp3) is 0.273. The van der Waals surface area contributed by atoms with Crippen LogP contribution >= 0.6 is 0 Å². The van der Waals surface area contributed by atoms with E-state index >= 15 is 0 Å². The molecule has 2 amide bonds. The van der Waals surface area contributed by atoms with Crippen LogP contribution in [0, 0.1) is 5.92 Å². The first kappa shape index (κ1) is 20.3. The third-order valence-electron chi connectivity index (χ3n) is 5.01. The van der Waals surface area contributed by atoms with Crippen LogP contribution < -0.4 is 5.32 Å². The van der Waals surface area contributed by atoms with Crippen molar-refractivity contribution in [2.45, 2.75) is 25.9 Å². The fourth-order valence-corrected chi connectivity index (χ4v) is 3.35. The lowest BCUT2D eigenvalue weighted by Gasteiger charge is -2.20. The van der Waals surface area contributed by atoms with Crippen LogP contribution in [0.1, 0.15) is 18.9 Å². The molecule has 0 bridgehead atoms. The molecule has 1 heterocycles. The Morgan fingerprint density at radius 1 is 1.00 bits per heavy atom. The Kier molecular flexibility index (Phi) is 6.07. The van der Waals surface area contributed by atoms with Crippen LogP contribution in [0.4, 0.5) is 0 Å². The maximum absolute atomic E-state index is 12.7. The molecule has 2 unspecified atom stereocenters. The summed E-state index contributed by atoms with van der Waals surface area (Å²) < 4.78 is 0. The highest BCUT2D eigenvalue weighted by Crippen LogP contribution is 2.25. The number of nitrogens with zero attached hydrogens (tertiary/aromatic N) is 1. The standard InChI is InChI=1S/C22H22N2O5/c1-14-20(27)19(21(28)23-12-11-18(25)26)22(29)24(14)13-15-7-9-17(10-8-15)16-5-3-2-4-6-16/h2-10,14,19H,11-13H2,1H3,(H,23,28)(H,25,26). The number of hydrogen-bond acceptors (Lipinski definition) is 4. The topological polar surface area (TPSA) is 104 Å². The van der Waals surface area contributed by atoms with Crippen molar-refractivity contribution in [3.05, 3.63) is 60.2 Å². The number of carboxylic acid groups (broad SMARTS) is 1. The molecule has 0 radical (unpaired) electrons. The lowest BCUT2D eigenvalue weighted by Crippen LogP contribution is -2.39. The third kappa shape index (κ3) is 4.51. The van der Waals surface area contributed by atoms with E-state index in [1.807, 2.05) is 54.6 Å². The molecular formula is C22H22N2O5. The zero-order chi connectivity index (χ0) is 21.0. The SMILES string of the molecule is CC1C(=O)C(C(=O)NCCC(=O)O)C(=O)N1Cc1ccc(-c2ccccc2)cc1. The molecule has 3 rings (SSSR count). The number of amides is 2. The van der Waals surface area contributed by atoms with Gasteiger partial charge < -0.3 is 15.3 Å². The van der Waals surface area contributed by atoms with Gasteiger partial charge in [0.05, 0.1) is 12.5 Å². The molecule has 7 heteroatoms. The Morgan fingerprint density at radius 3 is 2.24 bits per heavy atom. The van der Waals surface area contributed by atoms with Gasteiger partial charge in [-0.15, -0.1) is 0 Å². The van der Waals surface area contributed by atoms with Crippen molar-refractivity contribution in [1.29, 1.82) is 0 Å². The normalized spacial score (nSPS) is 18.7. The van der Waals surface area contributed by atoms with Crippen LogP contribution in [0.5, 0.6) is 0 Å². The number of likely N-dealkylation sites (tertiary alicyclic amines) is 1. The molecule has 2 aromatic rings. The molecule has 0 spiro atoms. The number of nitrogens with one attached hydrogen (secondary N) is 1. The average Bonchev–Trinajstić information content (AvgIpc) is 2.92. The molecule has 0 aliphatic carbocycles. The van der Waals surface area contributed by atoms with Gasteiger partial charge in [0.25, 0.3) is 0 Å². The van der Waals surface area contributed by atoms with E-state index in [0.717, 1.165) is 16.7 Å². The van der Waals surface area contributed by atoms with E-state index in [4.69, 9.17) is 5.11 Å². The van der Waals surface area contributed by atoms with E-state index in [1.54, 1.807) is 6.92 Å². The molecule has 150 valence electrons. The molecule has 2 aromatic carbocycles. The summed E-state index contributed by atoms with van der Waals surface area (Å²) in [5, 5.41) is 11.0. The predicted octanol–water partition coefficient (Wildman–Crippen LogP) is 1.86. The van der Waals surface area contributed by atoms with Gasteiger partial charge in [-0.2, -0.15) is 0 Å². The number of hydrogen-bond donors (Lipinski definition) is 2. The van der Waals surface area contributed by atoms with Gasteiger partial charge in [-0.3, -0.25) is 19.2 Å². The maximum Gasteiger partial charge on any atom is 0.305 e. The summed E-state index contributed by atoms with van der Waals surface area (Å²) in [5.74, 6) is -4.24. The van der Waals surface area contributed by atoms with Gasteiger partial charge in [-0.25, -0.2) is 0 Å². The minimum absolute atomic E-state index is 0.124. The summed E-state index contributed by atoms with van der Waals surface area (Å²) in [6.07, 6.45) is -0.270. The Hall–Kier alpha value is -3.48. The number of carbonyl (C=O) groups excluding carboxylic acids is 3. The number of aliphatic carboxylic acids is 1. The molecule has 7 nitrogen and oxygen atoms in total. The number of carbonyl (C=O) groups is 4. The molecule has 29 heavy (non-hydrogen) atoms. The zero-order valence-corrected chi connectivity index (χ0v) is 16.0. The van der Waals surface area contributed by atoms with E-state index in [9.17, 15) is 19.2 Å². The van der Waals surface area contributed by atoms with Gasteiger partial charge in [0.1, 0.15) is 0 Å². The Morgan fingerprint density at radius 2 is 1.62 bits per heavy atom. The highest BCUT2D eigenvalue weighted by atomic mass is 16.4. The fourth-order valence-electron chi connectivity index (χ4n) is 3.35. The van der Waals surface area contributed by atoms with Crippen LogP contribution in [0.25, 0.3) is 11.1 Å². The summed E-state index contributed by atoms with van der Waals surface area (Å²) in [4.78, 5) is 49.3. The molecule has 0 saturated carbocycles. The van der Waals surface area contributed by atoms with Crippen molar-refractivity contribution >= 4 is 23.6 Å². The lowest BCUT2D eigenvalue weighted by molar-refractivity contribution is -0.140. The second-order valence-electron chi connectivity index (χ2n) is 6.98. The molecule has 0 aromatic heterocycles. The Balaban J connectivity index is 1.68. The van der Waals surface area contributed by atoms with Crippen LogP contribution in [-0.4, -0.2) is 46.2 Å².